The number of nitrogens with two attached hydrogens (primary N) is 2. The number of hydrogen-bond donors (Lipinski definition) is 15. The van der Waals surface area contributed by atoms with Crippen LogP contribution in [0.5, 0.6) is 0 Å². The van der Waals surface area contributed by atoms with Crippen LogP contribution < -0.4 is 75.3 Å². The molecule has 1 aliphatic rings. The molecule has 0 aliphatic carbocycles. The fraction of sp³-hybridized carbons (Fsp3) is 0.476. The van der Waals surface area contributed by atoms with Crippen molar-refractivity contribution in [3.8, 4) is 0 Å². The number of nitrogens with one attached hydrogen (secondary N) is 12. The molecule has 0 bridgehead atoms. The number of aliphatic hydroxyl groups is 1. The van der Waals surface area contributed by atoms with Crippen LogP contribution in [0.2, 0.25) is 5.02 Å². The van der Waals surface area contributed by atoms with Crippen molar-refractivity contribution >= 4 is 99.2 Å². The second-order valence-corrected chi connectivity index (χ2v) is 30.6. The molecule has 17 N–H and O–H groups in total. The van der Waals surface area contributed by atoms with E-state index in [4.69, 9.17) is 23.1 Å². The van der Waals surface area contributed by atoms with E-state index in [0.29, 0.717) is 47.5 Å². The van der Waals surface area contributed by atoms with Gasteiger partial charge >= 0.3 is 0 Å². The maximum Gasteiger partial charge on any atom is 0.269 e. The van der Waals surface area contributed by atoms with E-state index >= 15 is 9.59 Å². The summed E-state index contributed by atoms with van der Waals surface area (Å²) in [6.45, 7) is 10.1. The fourth-order valence-corrected chi connectivity index (χ4v) is 13.5. The molecule has 117 heavy (non-hydrogen) atoms. The number of carbonyl (C=O) groups is 13. The van der Waals surface area contributed by atoms with E-state index in [1.807, 2.05) is 70.2 Å². The Balaban J connectivity index is 1.16. The number of benzene rings is 3. The molecule has 1 aliphatic heterocycles. The third-order valence-corrected chi connectivity index (χ3v) is 20.0. The quantitative estimate of drug-likeness (QED) is 0.0244. The minimum atomic E-state index is -1.85. The molecule has 0 unspecified atom stereocenters. The van der Waals surface area contributed by atoms with E-state index in [2.05, 4.69) is 78.8 Å². The third kappa shape index (κ3) is 31.7. The number of primary amides is 1. The third-order valence-electron chi connectivity index (χ3n) is 19.7. The van der Waals surface area contributed by atoms with Gasteiger partial charge in [0.05, 0.1) is 12.6 Å². The number of aromatic nitrogens is 3. The van der Waals surface area contributed by atoms with Crippen LogP contribution in [0.3, 0.4) is 0 Å². The summed E-state index contributed by atoms with van der Waals surface area (Å²) in [4.78, 5) is 198. The summed E-state index contributed by atoms with van der Waals surface area (Å²) in [5.41, 5.74) is 14.3. The van der Waals surface area contributed by atoms with Gasteiger partial charge in [-0.3, -0.25) is 77.3 Å². The zero-order chi connectivity index (χ0) is 84.9. The van der Waals surface area contributed by atoms with E-state index in [0.717, 1.165) is 16.3 Å². The highest BCUT2D eigenvalue weighted by molar-refractivity contribution is 6.30. The molecule has 7 rings (SSSR count). The lowest BCUT2D eigenvalue weighted by Crippen LogP contribution is -2.61. The van der Waals surface area contributed by atoms with Crippen LogP contribution in [-0.4, -0.2) is 207 Å². The molecule has 32 nitrogen and oxygen atoms in total. The van der Waals surface area contributed by atoms with Gasteiger partial charge in [-0.1, -0.05) is 112 Å². The van der Waals surface area contributed by atoms with Gasteiger partial charge in [-0.05, 0) is 172 Å². The Hall–Kier alpha value is -11.3. The molecule has 11 atom stereocenters. The Bertz CT molecular complexity index is 4280. The summed E-state index contributed by atoms with van der Waals surface area (Å²) in [7, 11) is 0. The zero-order valence-corrected chi connectivity index (χ0v) is 68.0. The summed E-state index contributed by atoms with van der Waals surface area (Å²) in [6.07, 6.45) is 9.74. The summed E-state index contributed by atoms with van der Waals surface area (Å²) in [6, 6.07) is 16.9. The fourth-order valence-electron chi connectivity index (χ4n) is 13.4. The first kappa shape index (κ1) is 92.8. The van der Waals surface area contributed by atoms with Crippen molar-refractivity contribution in [1.82, 2.24) is 83.7 Å². The van der Waals surface area contributed by atoms with E-state index in [1.165, 1.54) is 43.4 Å². The van der Waals surface area contributed by atoms with Gasteiger partial charge in [0.2, 0.25) is 70.9 Å². The number of rotatable bonds is 48. The lowest BCUT2D eigenvalue weighted by Gasteiger charge is -2.31. The molecule has 4 heterocycles. The first-order valence-electron chi connectivity index (χ1n) is 39.9. The smallest absolute Gasteiger partial charge is 0.269 e. The summed E-state index contributed by atoms with van der Waals surface area (Å²) in [5, 5.41) is 46.8. The van der Waals surface area contributed by atoms with Crippen molar-refractivity contribution in [2.45, 2.75) is 217 Å². The molecule has 6 aromatic rings. The Kier molecular flexibility index (Phi) is 38.3. The van der Waals surface area contributed by atoms with Gasteiger partial charge in [0.1, 0.15) is 66.1 Å². The molecule has 0 spiro atoms. The van der Waals surface area contributed by atoms with E-state index < -0.39 is 150 Å². The Morgan fingerprint density at radius 2 is 0.991 bits per heavy atom. The maximum absolute atomic E-state index is 15.2. The van der Waals surface area contributed by atoms with Crippen LogP contribution in [0.15, 0.2) is 140 Å². The molecule has 1 saturated heterocycles. The Morgan fingerprint density at radius 3 is 1.56 bits per heavy atom. The molecule has 0 saturated carbocycles. The SMILES string of the molecule is CC(=O)N[C@H](Cc1ccc2ccccc2c1)C(=O)N[C@H](Cc1ccc(Cl)cc1)C(=O)N[C@H](Cc1cccnc1)C(=O)N[C@@H](CO)C(=O)N[C@@H](CCCCNC(=O)[C@@H](N)Cc1cccnc1)C(=O)N[C@H](CCCCNC(=O)c1ccccn1)C(=O)N[C@@H](CC(C)C)C(=O)N[C@@H](CCCCNC(C)C)C(=O)N1CCC[C@H]1C(=O)N[C@H](C)C(N)=O. The molecule has 0 radical (unpaired) electrons. The first-order chi connectivity index (χ1) is 56.0. The van der Waals surface area contributed by atoms with Crippen molar-refractivity contribution in [2.75, 3.05) is 32.8 Å². The van der Waals surface area contributed by atoms with Crippen molar-refractivity contribution in [3.05, 3.63) is 173 Å². The first-order valence-corrected chi connectivity index (χ1v) is 40.3. The van der Waals surface area contributed by atoms with Crippen LogP contribution in [0.25, 0.3) is 10.8 Å². The summed E-state index contributed by atoms with van der Waals surface area (Å²) >= 11 is 6.27. The molecule has 3 aromatic carbocycles. The Labute approximate surface area is 687 Å². The molecule has 630 valence electrons. The number of aliphatic hydroxyl groups excluding tert-OH is 1. The number of halogens is 1. The Morgan fingerprint density at radius 1 is 0.496 bits per heavy atom. The molecule has 13 amide bonds. The number of fused-ring (bicyclic) bond motifs is 1. The van der Waals surface area contributed by atoms with Crippen LogP contribution in [0.1, 0.15) is 151 Å². The van der Waals surface area contributed by atoms with Crippen LogP contribution in [-0.2, 0) is 83.2 Å². The summed E-state index contributed by atoms with van der Waals surface area (Å²) < 4.78 is 0. The number of unbranched alkanes of at least 4 members (excludes halogenated alkanes) is 3. The predicted molar refractivity (Wildman–Crippen MR) is 440 cm³/mol. The van der Waals surface area contributed by atoms with Gasteiger partial charge in [-0.15, -0.1) is 0 Å². The topological polar surface area (TPSA) is 480 Å². The standard InChI is InChI=1S/C84H113ClN18O14/c1-51(2)42-67(78(111)98-66(27-12-13-37-90-52(3)4)84(117)103-41-19-28-72(103)83(116)94-53(5)73(87)106)99-77(110)65(26-11-16-40-93-75(108)63-24-9-14-38-91-63)96-76(109)64(25-10-15-39-92-74(107)62(86)44-57-20-17-35-88-48-57)97-82(115)71(50-104)102-81(114)70(47-58-21-18-36-89-49-58)101-80(113)69(45-55-30-33-61(85)34-31-55)100-79(112)68(95-54(6)105)46-56-29-32-59-22-7-8-23-60(59)43-56/h7-9,14,17-18,20-24,29-36,38,43,48-49,51-53,62,64-72,90,104H,10-13,15-16,19,25-28,37,39-42,44-47,50,86H2,1-6H3,(H2,87,106)(H,92,107)(H,93,108)(H,94,116)(H,95,105)(H,96,109)(H,97,115)(H,98,111)(H,99,110)(H,100,112)(H,101,113)(H,102,114)/t53-,62+,64+,65-,66+,67+,68-,69-,70-,71+,72+/m1/s1. The van der Waals surface area contributed by atoms with Gasteiger partial charge in [0, 0.05) is 87.9 Å². The van der Waals surface area contributed by atoms with Crippen LogP contribution in [0, 0.1) is 5.92 Å². The van der Waals surface area contributed by atoms with Gasteiger partial charge < -0.3 is 85.3 Å². The number of amides is 13. The lowest BCUT2D eigenvalue weighted by molar-refractivity contribution is -0.142. The van der Waals surface area contributed by atoms with Gasteiger partial charge in [-0.25, -0.2) is 0 Å². The van der Waals surface area contributed by atoms with E-state index in [9.17, 15) is 57.8 Å². The molecule has 1 fully saturated rings. The minimum Gasteiger partial charge on any atom is -0.394 e. The monoisotopic (exact) mass is 1630 g/mol. The van der Waals surface area contributed by atoms with Crippen molar-refractivity contribution in [1.29, 1.82) is 0 Å². The molecular weight excluding hydrogens is 1520 g/mol. The van der Waals surface area contributed by atoms with Crippen LogP contribution in [0.4, 0.5) is 0 Å². The predicted octanol–water partition coefficient (Wildman–Crippen LogP) is 2.25. The highest BCUT2D eigenvalue weighted by atomic mass is 35.5. The molecule has 33 heteroatoms. The highest BCUT2D eigenvalue weighted by Crippen LogP contribution is 2.23. The second-order valence-electron chi connectivity index (χ2n) is 30.1. The normalized spacial score (nSPS) is 15.1. The van der Waals surface area contributed by atoms with Crippen molar-refractivity contribution < 1.29 is 67.4 Å². The molecular formula is C84H113ClN18O14. The maximum atomic E-state index is 15.2. The average Bonchev–Trinajstić information content (AvgIpc) is 1.82. The van der Waals surface area contributed by atoms with Gasteiger partial charge in [0.15, 0.2) is 0 Å². The largest absolute Gasteiger partial charge is 0.394 e. The van der Waals surface area contributed by atoms with Gasteiger partial charge in [-0.2, -0.15) is 0 Å². The van der Waals surface area contributed by atoms with Crippen molar-refractivity contribution in [3.63, 3.8) is 0 Å². The van der Waals surface area contributed by atoms with Crippen molar-refractivity contribution in [2.24, 2.45) is 17.4 Å². The highest BCUT2D eigenvalue weighted by Gasteiger charge is 2.40. The van der Waals surface area contributed by atoms with E-state index in [-0.39, 0.29) is 121 Å². The van der Waals surface area contributed by atoms with Crippen LogP contribution >= 0.6 is 11.6 Å². The minimum absolute atomic E-state index is 0.0234. The number of likely N-dealkylation sites (tertiary alicyclic amines) is 1. The number of hydrogen-bond acceptors (Lipinski definition) is 19. The van der Waals surface area contributed by atoms with Gasteiger partial charge in [0.25, 0.3) is 5.91 Å². The lowest BCUT2D eigenvalue weighted by atomic mass is 9.99. The number of carbonyl (C=O) groups excluding carboxylic acids is 13. The second kappa shape index (κ2) is 48.2. The summed E-state index contributed by atoms with van der Waals surface area (Å²) in [5.74, 6) is -9.92. The number of pyridine rings is 3. The van der Waals surface area contributed by atoms with E-state index in [1.54, 1.807) is 73.1 Å². The molecule has 3 aromatic heterocycles. The average molecular weight is 1630 g/mol. The number of nitrogens with zero attached hydrogens (tertiary/aromatic N) is 4. The zero-order valence-electron chi connectivity index (χ0n) is 67.2.